The monoisotopic (exact) mass is 1540 g/mol. The Morgan fingerprint density at radius 1 is 0.252 bits per heavy atom. The third kappa shape index (κ3) is 11.5. The molecule has 0 saturated carbocycles. The lowest BCUT2D eigenvalue weighted by Gasteiger charge is -2.44. The van der Waals surface area contributed by atoms with E-state index in [0.29, 0.717) is 33.8 Å². The number of fused-ring (bicyclic) bond motifs is 16. The third-order valence-electron chi connectivity index (χ3n) is 25.1. The fourth-order valence-corrected chi connectivity index (χ4v) is 18.9. The second-order valence-corrected chi connectivity index (χ2v) is 36.7. The van der Waals surface area contributed by atoms with E-state index in [-0.39, 0.29) is 55.6 Å². The molecule has 0 amide bonds. The Morgan fingerprint density at radius 3 is 1.07 bits per heavy atom. The van der Waals surface area contributed by atoms with Gasteiger partial charge in [0.25, 0.3) is 6.71 Å². The van der Waals surface area contributed by atoms with E-state index in [1.807, 2.05) is 18.2 Å². The zero-order valence-corrected chi connectivity index (χ0v) is 68.8. The highest BCUT2D eigenvalue weighted by Gasteiger charge is 2.46. The maximum Gasteiger partial charge on any atom is 0.252 e. The summed E-state index contributed by atoms with van der Waals surface area (Å²) >= 11 is 0. The van der Waals surface area contributed by atoms with Gasteiger partial charge in [-0.3, -0.25) is 0 Å². The molecule has 6 nitrogen and oxygen atoms in total. The lowest BCUT2D eigenvalue weighted by Crippen LogP contribution is -2.61. The predicted octanol–water partition coefficient (Wildman–Crippen LogP) is 29.3. The van der Waals surface area contributed by atoms with Gasteiger partial charge < -0.3 is 27.8 Å². The molecule has 20 aromatic rings. The summed E-state index contributed by atoms with van der Waals surface area (Å²) in [6.07, 6.45) is 0. The molecule has 0 N–H and O–H groups in total. The molecule has 6 heterocycles. The maximum absolute atomic E-state index is 9.94. The van der Waals surface area contributed by atoms with Crippen LogP contribution in [0.2, 0.25) is 0 Å². The van der Waals surface area contributed by atoms with E-state index >= 15 is 0 Å². The van der Waals surface area contributed by atoms with E-state index in [1.165, 1.54) is 22.3 Å². The minimum absolute atomic E-state index is 0.0101. The Labute approximate surface area is 706 Å². The van der Waals surface area contributed by atoms with Crippen molar-refractivity contribution in [3.8, 4) is 67.0 Å². The molecule has 0 fully saturated rings. The van der Waals surface area contributed by atoms with Crippen molar-refractivity contribution < 1.29 is 19.8 Å². The van der Waals surface area contributed by atoms with Gasteiger partial charge in [-0.25, -0.2) is 0 Å². The summed E-state index contributed by atoms with van der Waals surface area (Å²) in [6.45, 7) is 26.8. The Hall–Kier alpha value is -13.6. The summed E-state index contributed by atoms with van der Waals surface area (Å²) in [5, 5.41) is 6.00. The number of para-hydroxylation sites is 6. The van der Waals surface area contributed by atoms with Crippen LogP contribution in [0.4, 0.5) is 34.1 Å². The minimum Gasteiger partial charge on any atom is -0.453 e. The smallest absolute Gasteiger partial charge is 0.252 e. The summed E-state index contributed by atoms with van der Waals surface area (Å²) in [7, 11) is 0. The first kappa shape index (κ1) is 63.6. The summed E-state index contributed by atoms with van der Waals surface area (Å²) in [6, 6.07) is 99.4. The lowest BCUT2D eigenvalue weighted by molar-refractivity contribution is 0.569. The molecule has 2 aliphatic rings. The number of hydrogen-bond acceptors (Lipinski definition) is 4. The molecular formula is C112H91BN4O2. The van der Waals surface area contributed by atoms with Gasteiger partial charge in [0.2, 0.25) is 0 Å². The maximum atomic E-state index is 9.94. The van der Waals surface area contributed by atoms with Crippen LogP contribution in [0.1, 0.15) is 116 Å². The second kappa shape index (κ2) is 26.4. The standard InChI is InChI=1S/C112H91BN4O2/c1-109(2,3)76-49-55-96-90(64-76)91-65-77(110(4,5)6)50-56-97(91)115(96)81-52-54-93-101(67-81)117(99-48-28-44-89-87-42-26-40-83(106(87)119-108(89)99)73-36-24-34-71(58-73)69-31-17-14-18-32-69)103-62-75(74-59-78(111(7,8)9)63-79(60-74)112(10,11)12)61-102-104(103)113(93)92-53-51-80(114-94-45-21-19-37-84(94)85-38-20-22-46-95(85)114)66-100(92)116(102)98-47-27-43-88-86-41-25-39-82(105(86)118-107(88)98)72-35-23-33-70(57-72)68-29-15-13-16-30-68/h13-67H,1-12H3/i19D,20D,21D,22D,37D,38D,45D,46D. The highest BCUT2D eigenvalue weighted by atomic mass is 16.3. The SMILES string of the molecule is [2H]c1c([2H])c([2H])c2c(c1[2H])c1c([2H])c([2H])c([2H])c([2H])c1n2-c1ccc2c(c1)N(c1cccc3c1oc1c(-c4cccc(-c5ccccc5)c4)cccc13)c1cc(-c3cc(C(C)(C)C)cc(C(C)(C)C)c3)cc3c1B2c1ccc(-n2c4ccc(C(C)(C)C)cc4c4cc(C(C)(C)C)ccc42)cc1N3c1cccc2c1oc1c(-c3cccc(-c4ccccc4)c3)cccc12. The van der Waals surface area contributed by atoms with Crippen LogP contribution in [0.5, 0.6) is 0 Å². The van der Waals surface area contributed by atoms with Gasteiger partial charge in [-0.15, -0.1) is 0 Å². The van der Waals surface area contributed by atoms with Crippen molar-refractivity contribution in [2.45, 2.75) is 105 Å². The van der Waals surface area contributed by atoms with Crippen LogP contribution in [0, 0.1) is 0 Å². The minimum atomic E-state index is -0.572. The van der Waals surface area contributed by atoms with Gasteiger partial charge in [0, 0.05) is 88.3 Å². The number of hydrogen-bond donors (Lipinski definition) is 0. The van der Waals surface area contributed by atoms with E-state index in [4.69, 9.17) is 11.6 Å². The Balaban J connectivity index is 0.893. The average molecular weight is 1540 g/mol. The quantitative estimate of drug-likeness (QED) is 0.135. The normalized spacial score (nSPS) is 14.1. The number of nitrogens with zero attached hydrogens (tertiary/aromatic N) is 4. The topological polar surface area (TPSA) is 42.6 Å². The van der Waals surface area contributed by atoms with Crippen LogP contribution < -0.4 is 26.2 Å². The van der Waals surface area contributed by atoms with Crippen molar-refractivity contribution in [2.75, 3.05) is 9.80 Å². The predicted molar refractivity (Wildman–Crippen MR) is 506 cm³/mol. The summed E-state index contributed by atoms with van der Waals surface area (Å²) in [4.78, 5) is 4.81. The second-order valence-electron chi connectivity index (χ2n) is 36.7. The summed E-state index contributed by atoms with van der Waals surface area (Å²) in [5.74, 6) is 0. The van der Waals surface area contributed by atoms with Crippen LogP contribution in [0.15, 0.2) is 342 Å². The Kier molecular flexibility index (Phi) is 14.1. The summed E-state index contributed by atoms with van der Waals surface area (Å²) in [5.41, 5.74) is 28.0. The summed E-state index contributed by atoms with van der Waals surface area (Å²) < 4.78 is 95.9. The Bertz CT molecular complexity index is 7950. The van der Waals surface area contributed by atoms with Crippen LogP contribution in [-0.2, 0) is 21.7 Å². The number of rotatable bonds is 9. The van der Waals surface area contributed by atoms with Crippen molar-refractivity contribution in [3.63, 3.8) is 0 Å². The highest BCUT2D eigenvalue weighted by Crippen LogP contribution is 2.54. The van der Waals surface area contributed by atoms with Gasteiger partial charge in [0.15, 0.2) is 11.2 Å². The van der Waals surface area contributed by atoms with Gasteiger partial charge in [0.1, 0.15) is 11.2 Å². The molecule has 0 aliphatic carbocycles. The van der Waals surface area contributed by atoms with E-state index < -0.39 is 43.0 Å². The fraction of sp³-hybridized carbons (Fsp3) is 0.143. The fourth-order valence-electron chi connectivity index (χ4n) is 18.9. The van der Waals surface area contributed by atoms with Gasteiger partial charge in [-0.05, 0) is 202 Å². The van der Waals surface area contributed by atoms with Gasteiger partial charge in [-0.2, -0.15) is 0 Å². The van der Waals surface area contributed by atoms with Crippen LogP contribution in [0.3, 0.4) is 0 Å². The van der Waals surface area contributed by atoms with E-state index in [0.717, 1.165) is 149 Å². The lowest BCUT2D eigenvalue weighted by atomic mass is 9.33. The largest absolute Gasteiger partial charge is 0.453 e. The van der Waals surface area contributed by atoms with Gasteiger partial charge >= 0.3 is 0 Å². The molecule has 0 atom stereocenters. The molecule has 4 aromatic heterocycles. The molecule has 16 aromatic carbocycles. The van der Waals surface area contributed by atoms with Crippen LogP contribution in [0.25, 0.3) is 154 Å². The molecule has 0 bridgehead atoms. The number of anilines is 6. The molecule has 0 saturated heterocycles. The van der Waals surface area contributed by atoms with Crippen molar-refractivity contribution in [1.82, 2.24) is 9.13 Å². The molecule has 22 rings (SSSR count). The van der Waals surface area contributed by atoms with E-state index in [1.54, 1.807) is 4.57 Å². The molecule has 2 aliphatic heterocycles. The molecule has 119 heavy (non-hydrogen) atoms. The number of furan rings is 2. The number of benzene rings is 16. The molecule has 574 valence electrons. The highest BCUT2D eigenvalue weighted by molar-refractivity contribution is 7.00. The molecular weight excluding hydrogens is 1440 g/mol. The van der Waals surface area contributed by atoms with Gasteiger partial charge in [0.05, 0.1) is 44.4 Å². The van der Waals surface area contributed by atoms with Crippen molar-refractivity contribution >= 4 is 145 Å². The first-order valence-electron chi connectivity index (χ1n) is 45.4. The van der Waals surface area contributed by atoms with Crippen molar-refractivity contribution in [2.24, 2.45) is 0 Å². The average Bonchev–Trinajstić information content (AvgIpc) is 1.68. The number of aromatic nitrogens is 2. The van der Waals surface area contributed by atoms with E-state index in [9.17, 15) is 8.22 Å². The van der Waals surface area contributed by atoms with Crippen LogP contribution >= 0.6 is 0 Å². The molecule has 0 radical (unpaired) electrons. The van der Waals surface area contributed by atoms with Crippen molar-refractivity contribution in [3.05, 3.63) is 356 Å². The van der Waals surface area contributed by atoms with E-state index in [2.05, 4.69) is 364 Å². The Morgan fingerprint density at radius 2 is 0.630 bits per heavy atom. The zero-order chi connectivity index (χ0) is 87.8. The first-order chi connectivity index (χ1) is 60.9. The van der Waals surface area contributed by atoms with Gasteiger partial charge in [-0.1, -0.05) is 320 Å². The first-order valence-corrected chi connectivity index (χ1v) is 41.4. The van der Waals surface area contributed by atoms with Crippen molar-refractivity contribution in [1.29, 1.82) is 0 Å². The molecule has 0 unspecified atom stereocenters. The molecule has 0 spiro atoms. The van der Waals surface area contributed by atoms with Crippen LogP contribution in [-0.4, -0.2) is 15.8 Å². The molecule has 7 heteroatoms. The zero-order valence-electron chi connectivity index (χ0n) is 76.8. The third-order valence-corrected chi connectivity index (χ3v) is 25.1.